The van der Waals surface area contributed by atoms with Gasteiger partial charge in [0.2, 0.25) is 0 Å². The van der Waals surface area contributed by atoms with Gasteiger partial charge < -0.3 is 14.8 Å². The second-order valence-corrected chi connectivity index (χ2v) is 5.21. The van der Waals surface area contributed by atoms with Crippen molar-refractivity contribution in [3.63, 3.8) is 0 Å². The fourth-order valence-corrected chi connectivity index (χ4v) is 2.62. The molecule has 2 heterocycles. The molecule has 1 aromatic rings. The summed E-state index contributed by atoms with van der Waals surface area (Å²) in [6.07, 6.45) is 2.83. The molecule has 0 spiro atoms. The Morgan fingerprint density at radius 2 is 2.17 bits per heavy atom. The van der Waals surface area contributed by atoms with Crippen LogP contribution in [0.1, 0.15) is 54.6 Å². The second kappa shape index (κ2) is 5.10. The van der Waals surface area contributed by atoms with Crippen molar-refractivity contribution in [2.24, 2.45) is 5.92 Å². The minimum atomic E-state index is -0.965. The molecule has 5 heteroatoms. The quantitative estimate of drug-likeness (QED) is 0.854. The zero-order valence-electron chi connectivity index (χ0n) is 10.9. The first-order valence-electron chi connectivity index (χ1n) is 6.49. The summed E-state index contributed by atoms with van der Waals surface area (Å²) in [5.41, 5.74) is 0.992. The number of aromatic nitrogens is 2. The van der Waals surface area contributed by atoms with Gasteiger partial charge in [-0.1, -0.05) is 13.8 Å². The maximum atomic E-state index is 11.2. The average molecular weight is 252 g/mol. The fourth-order valence-electron chi connectivity index (χ4n) is 2.62. The van der Waals surface area contributed by atoms with E-state index in [0.717, 1.165) is 37.3 Å². The van der Waals surface area contributed by atoms with Gasteiger partial charge in [0.1, 0.15) is 5.82 Å². The number of aliphatic hydroxyl groups excluding tert-OH is 1. The van der Waals surface area contributed by atoms with Crippen LogP contribution >= 0.6 is 0 Å². The third-order valence-corrected chi connectivity index (χ3v) is 3.68. The summed E-state index contributed by atoms with van der Waals surface area (Å²) in [6.45, 7) is 4.86. The third kappa shape index (κ3) is 2.14. The normalized spacial score (nSPS) is 16.7. The number of carbonyl (C=O) groups is 1. The molecule has 5 nitrogen and oxygen atoms in total. The highest BCUT2D eigenvalue weighted by molar-refractivity contribution is 5.87. The molecule has 0 fully saturated rings. The predicted octanol–water partition coefficient (Wildman–Crippen LogP) is 1.65. The van der Waals surface area contributed by atoms with Crippen molar-refractivity contribution in [1.82, 2.24) is 9.55 Å². The standard InChI is InChI=1S/C13H20N2O3/c1-8(2)9(7-16)12-14-11(13(17)18)10-5-3-4-6-15(10)12/h8-9,16H,3-7H2,1-2H3,(H,17,18). The second-order valence-electron chi connectivity index (χ2n) is 5.21. The number of aromatic carboxylic acids is 1. The Balaban J connectivity index is 2.50. The van der Waals surface area contributed by atoms with E-state index in [9.17, 15) is 15.0 Å². The molecular formula is C13H20N2O3. The van der Waals surface area contributed by atoms with Crippen LogP contribution in [0.15, 0.2) is 0 Å². The summed E-state index contributed by atoms with van der Waals surface area (Å²) in [7, 11) is 0. The number of fused-ring (bicyclic) bond motifs is 1. The van der Waals surface area contributed by atoms with Crippen LogP contribution in [0.4, 0.5) is 0 Å². The van der Waals surface area contributed by atoms with Crippen molar-refractivity contribution < 1.29 is 15.0 Å². The molecule has 2 rings (SSSR count). The zero-order chi connectivity index (χ0) is 13.3. The molecule has 2 N–H and O–H groups in total. The Hall–Kier alpha value is -1.36. The Morgan fingerprint density at radius 3 is 2.72 bits per heavy atom. The summed E-state index contributed by atoms with van der Waals surface area (Å²) in [5, 5.41) is 18.7. The number of rotatable bonds is 4. The van der Waals surface area contributed by atoms with Gasteiger partial charge in [-0.05, 0) is 25.2 Å². The maximum absolute atomic E-state index is 11.2. The van der Waals surface area contributed by atoms with Gasteiger partial charge in [-0.15, -0.1) is 0 Å². The first-order chi connectivity index (χ1) is 8.56. The van der Waals surface area contributed by atoms with E-state index < -0.39 is 5.97 Å². The lowest BCUT2D eigenvalue weighted by molar-refractivity contribution is 0.0689. The summed E-state index contributed by atoms with van der Waals surface area (Å²) in [4.78, 5) is 15.5. The monoisotopic (exact) mass is 252 g/mol. The summed E-state index contributed by atoms with van der Waals surface area (Å²) >= 11 is 0. The Kier molecular flexibility index (Phi) is 3.71. The van der Waals surface area contributed by atoms with Crippen molar-refractivity contribution in [2.75, 3.05) is 6.61 Å². The topological polar surface area (TPSA) is 75.3 Å². The molecule has 18 heavy (non-hydrogen) atoms. The molecule has 0 radical (unpaired) electrons. The van der Waals surface area contributed by atoms with Gasteiger partial charge in [0.25, 0.3) is 0 Å². The highest BCUT2D eigenvalue weighted by atomic mass is 16.4. The molecule has 1 aliphatic rings. The number of carboxylic acids is 1. The Bertz CT molecular complexity index is 451. The minimum absolute atomic E-state index is 0.00712. The fraction of sp³-hybridized carbons (Fsp3) is 0.692. The van der Waals surface area contributed by atoms with Gasteiger partial charge in [0, 0.05) is 12.5 Å². The summed E-state index contributed by atoms with van der Waals surface area (Å²) in [5.74, 6) is -0.0769. The number of carboxylic acid groups (broad SMARTS) is 1. The van der Waals surface area contributed by atoms with Crippen LogP contribution < -0.4 is 0 Å². The first-order valence-corrected chi connectivity index (χ1v) is 6.49. The summed E-state index contributed by atoms with van der Waals surface area (Å²) < 4.78 is 2.01. The molecule has 0 saturated carbocycles. The van der Waals surface area contributed by atoms with Crippen molar-refractivity contribution in [2.45, 2.75) is 45.6 Å². The average Bonchev–Trinajstić information content (AvgIpc) is 2.70. The van der Waals surface area contributed by atoms with Crippen molar-refractivity contribution >= 4 is 5.97 Å². The highest BCUT2D eigenvalue weighted by Crippen LogP contribution is 2.29. The van der Waals surface area contributed by atoms with Crippen LogP contribution in [-0.4, -0.2) is 32.3 Å². The number of hydrogen-bond acceptors (Lipinski definition) is 3. The molecule has 0 amide bonds. The van der Waals surface area contributed by atoms with Crippen molar-refractivity contribution in [3.8, 4) is 0 Å². The highest BCUT2D eigenvalue weighted by Gasteiger charge is 2.28. The molecule has 1 aliphatic heterocycles. The van der Waals surface area contributed by atoms with E-state index in [2.05, 4.69) is 4.98 Å². The number of aliphatic hydroxyl groups is 1. The van der Waals surface area contributed by atoms with Gasteiger partial charge in [-0.3, -0.25) is 0 Å². The van der Waals surface area contributed by atoms with E-state index in [1.54, 1.807) is 0 Å². The molecule has 1 unspecified atom stereocenters. The maximum Gasteiger partial charge on any atom is 0.356 e. The van der Waals surface area contributed by atoms with Crippen LogP contribution in [-0.2, 0) is 13.0 Å². The van der Waals surface area contributed by atoms with E-state index in [-0.39, 0.29) is 24.1 Å². The van der Waals surface area contributed by atoms with E-state index >= 15 is 0 Å². The molecule has 1 atom stereocenters. The van der Waals surface area contributed by atoms with E-state index in [0.29, 0.717) is 0 Å². The third-order valence-electron chi connectivity index (χ3n) is 3.68. The van der Waals surface area contributed by atoms with E-state index in [4.69, 9.17) is 0 Å². The van der Waals surface area contributed by atoms with Crippen LogP contribution in [0.3, 0.4) is 0 Å². The molecule has 1 aromatic heterocycles. The van der Waals surface area contributed by atoms with Crippen LogP contribution in [0, 0.1) is 5.92 Å². The SMILES string of the molecule is CC(C)C(CO)c1nc(C(=O)O)c2n1CCCC2. The van der Waals surface area contributed by atoms with Crippen LogP contribution in [0.2, 0.25) is 0 Å². The molecule has 0 saturated heterocycles. The van der Waals surface area contributed by atoms with E-state index in [1.807, 2.05) is 18.4 Å². The molecule has 0 aromatic carbocycles. The zero-order valence-corrected chi connectivity index (χ0v) is 10.9. The van der Waals surface area contributed by atoms with Crippen LogP contribution in [0.25, 0.3) is 0 Å². The Morgan fingerprint density at radius 1 is 1.44 bits per heavy atom. The predicted molar refractivity (Wildman–Crippen MR) is 66.8 cm³/mol. The van der Waals surface area contributed by atoms with Crippen molar-refractivity contribution in [1.29, 1.82) is 0 Å². The summed E-state index contributed by atoms with van der Waals surface area (Å²) in [6, 6.07) is 0. The van der Waals surface area contributed by atoms with Crippen molar-refractivity contribution in [3.05, 3.63) is 17.2 Å². The van der Waals surface area contributed by atoms with E-state index in [1.165, 1.54) is 0 Å². The first kappa shape index (κ1) is 13.1. The smallest absolute Gasteiger partial charge is 0.356 e. The lowest BCUT2D eigenvalue weighted by atomic mass is 9.95. The van der Waals surface area contributed by atoms with Gasteiger partial charge in [-0.25, -0.2) is 9.78 Å². The molecule has 0 aliphatic carbocycles. The molecule has 100 valence electrons. The molecular weight excluding hydrogens is 232 g/mol. The Labute approximate surface area is 106 Å². The minimum Gasteiger partial charge on any atom is -0.476 e. The largest absolute Gasteiger partial charge is 0.476 e. The number of hydrogen-bond donors (Lipinski definition) is 2. The number of nitrogens with zero attached hydrogens (tertiary/aromatic N) is 2. The van der Waals surface area contributed by atoms with Gasteiger partial charge >= 0.3 is 5.97 Å². The lowest BCUT2D eigenvalue weighted by Gasteiger charge is -2.22. The van der Waals surface area contributed by atoms with Gasteiger partial charge in [0.15, 0.2) is 5.69 Å². The lowest BCUT2D eigenvalue weighted by Crippen LogP contribution is -2.20. The number of imidazole rings is 1. The van der Waals surface area contributed by atoms with Crippen LogP contribution in [0.5, 0.6) is 0 Å². The molecule has 0 bridgehead atoms. The van der Waals surface area contributed by atoms with Gasteiger partial charge in [0.05, 0.1) is 12.3 Å². The van der Waals surface area contributed by atoms with Gasteiger partial charge in [-0.2, -0.15) is 0 Å².